The number of hydrogen-bond donors (Lipinski definition) is 1. The van der Waals surface area contributed by atoms with Crippen LogP contribution in [0.15, 0.2) is 35.8 Å². The van der Waals surface area contributed by atoms with Crippen molar-refractivity contribution in [3.8, 4) is 11.6 Å². The molecule has 0 aliphatic heterocycles. The molecular formula is C13H11N3O4S. The Balaban J connectivity index is 2.04. The van der Waals surface area contributed by atoms with Gasteiger partial charge in [-0.2, -0.15) is 9.38 Å². The summed E-state index contributed by atoms with van der Waals surface area (Å²) in [4.78, 5) is 15.4. The lowest BCUT2D eigenvalue weighted by molar-refractivity contribution is -0.391. The maximum Gasteiger partial charge on any atom is 0.393 e. The summed E-state index contributed by atoms with van der Waals surface area (Å²) in [5, 5.41) is 22.0. The number of ether oxygens (including phenoxy) is 1. The number of nitrogens with zero attached hydrogens (tertiary/aromatic N) is 3. The fourth-order valence-electron chi connectivity index (χ4n) is 2.02. The number of fused-ring (bicyclic) bond motifs is 1. The van der Waals surface area contributed by atoms with E-state index in [4.69, 9.17) is 9.84 Å². The minimum atomic E-state index is -0.517. The zero-order valence-corrected chi connectivity index (χ0v) is 11.6. The van der Waals surface area contributed by atoms with Crippen LogP contribution in [0.4, 0.5) is 5.82 Å². The number of aliphatic hydroxyl groups excluding tert-OH is 1. The first-order valence-electron chi connectivity index (χ1n) is 6.17. The Hall–Kier alpha value is -2.45. The van der Waals surface area contributed by atoms with E-state index in [9.17, 15) is 10.1 Å². The minimum Gasteiger partial charge on any atom is -0.432 e. The number of hydrogen-bond acceptors (Lipinski definition) is 6. The van der Waals surface area contributed by atoms with Gasteiger partial charge in [-0.25, -0.2) is 0 Å². The van der Waals surface area contributed by atoms with E-state index in [1.807, 2.05) is 6.07 Å². The second kappa shape index (κ2) is 5.51. The van der Waals surface area contributed by atoms with Gasteiger partial charge in [0.2, 0.25) is 0 Å². The Labute approximate surface area is 123 Å². The van der Waals surface area contributed by atoms with Gasteiger partial charge in [0.15, 0.2) is 0 Å². The van der Waals surface area contributed by atoms with Gasteiger partial charge in [0.05, 0.1) is 0 Å². The van der Waals surface area contributed by atoms with Crippen molar-refractivity contribution in [3.63, 3.8) is 0 Å². The third-order valence-electron chi connectivity index (χ3n) is 2.94. The lowest BCUT2D eigenvalue weighted by Crippen LogP contribution is -1.98. The molecule has 1 aromatic carbocycles. The Morgan fingerprint density at radius 3 is 3.00 bits per heavy atom. The van der Waals surface area contributed by atoms with E-state index in [2.05, 4.69) is 4.98 Å². The molecule has 0 spiro atoms. The number of thiazole rings is 1. The maximum atomic E-state index is 11.2. The third-order valence-corrected chi connectivity index (χ3v) is 3.70. The Kier molecular flexibility index (Phi) is 3.55. The molecule has 0 aliphatic rings. The third kappa shape index (κ3) is 2.46. The van der Waals surface area contributed by atoms with Gasteiger partial charge in [0.25, 0.3) is 4.96 Å². The van der Waals surface area contributed by atoms with Gasteiger partial charge in [0.1, 0.15) is 11.9 Å². The van der Waals surface area contributed by atoms with Gasteiger partial charge >= 0.3 is 11.7 Å². The number of nitro groups is 1. The van der Waals surface area contributed by atoms with Crippen molar-refractivity contribution >= 4 is 22.1 Å². The molecular weight excluding hydrogens is 294 g/mol. The van der Waals surface area contributed by atoms with Crippen LogP contribution in [0.3, 0.4) is 0 Å². The van der Waals surface area contributed by atoms with Crippen LogP contribution in [0.25, 0.3) is 4.96 Å². The van der Waals surface area contributed by atoms with Crippen molar-refractivity contribution in [1.82, 2.24) is 9.38 Å². The molecule has 3 aromatic rings. The van der Waals surface area contributed by atoms with Crippen LogP contribution in [0, 0.1) is 10.1 Å². The Bertz CT molecular complexity index is 796. The van der Waals surface area contributed by atoms with E-state index >= 15 is 0 Å². The lowest BCUT2D eigenvalue weighted by Gasteiger charge is -2.07. The molecule has 2 aromatic heterocycles. The van der Waals surface area contributed by atoms with Crippen molar-refractivity contribution in [1.29, 1.82) is 0 Å². The quantitative estimate of drug-likeness (QED) is 0.578. The highest BCUT2D eigenvalue weighted by Crippen LogP contribution is 2.34. The first-order valence-corrected chi connectivity index (χ1v) is 7.05. The number of rotatable bonds is 5. The highest BCUT2D eigenvalue weighted by molar-refractivity contribution is 7.15. The van der Waals surface area contributed by atoms with E-state index in [-0.39, 0.29) is 18.3 Å². The van der Waals surface area contributed by atoms with Gasteiger partial charge < -0.3 is 20.0 Å². The number of para-hydroxylation sites is 1. The van der Waals surface area contributed by atoms with E-state index in [0.717, 1.165) is 5.56 Å². The molecule has 0 atom stereocenters. The van der Waals surface area contributed by atoms with Crippen LogP contribution >= 0.6 is 11.3 Å². The molecule has 2 heterocycles. The van der Waals surface area contributed by atoms with Crippen molar-refractivity contribution < 1.29 is 14.8 Å². The summed E-state index contributed by atoms with van der Waals surface area (Å²) in [6, 6.07) is 7.08. The summed E-state index contributed by atoms with van der Waals surface area (Å²) < 4.78 is 7.00. The highest BCUT2D eigenvalue weighted by atomic mass is 32.1. The Morgan fingerprint density at radius 2 is 2.24 bits per heavy atom. The molecule has 0 unspecified atom stereocenters. The average Bonchev–Trinajstić information content (AvgIpc) is 3.01. The van der Waals surface area contributed by atoms with Gasteiger partial charge in [-0.1, -0.05) is 29.5 Å². The largest absolute Gasteiger partial charge is 0.432 e. The molecule has 1 N–H and O–H groups in total. The zero-order valence-electron chi connectivity index (χ0n) is 10.8. The molecule has 0 radical (unpaired) electrons. The zero-order chi connectivity index (χ0) is 14.8. The number of aromatic nitrogens is 2. The predicted octanol–water partition coefficient (Wildman–Crippen LogP) is 2.63. The average molecular weight is 305 g/mol. The van der Waals surface area contributed by atoms with E-state index in [0.29, 0.717) is 17.1 Å². The molecule has 0 aliphatic carbocycles. The topological polar surface area (TPSA) is 89.9 Å². The monoisotopic (exact) mass is 305 g/mol. The van der Waals surface area contributed by atoms with Crippen LogP contribution < -0.4 is 4.74 Å². The lowest BCUT2D eigenvalue weighted by atomic mass is 10.1. The van der Waals surface area contributed by atoms with E-state index in [1.165, 1.54) is 15.7 Å². The fourth-order valence-corrected chi connectivity index (χ4v) is 2.72. The Morgan fingerprint density at radius 1 is 1.43 bits per heavy atom. The van der Waals surface area contributed by atoms with Crippen molar-refractivity contribution in [2.75, 3.05) is 6.61 Å². The SMILES string of the molecule is O=[N+]([O-])c1c(Oc2ccccc2CCO)nc2sccn12. The van der Waals surface area contributed by atoms with Crippen LogP contribution in [0.1, 0.15) is 5.56 Å². The first-order chi connectivity index (χ1) is 10.2. The summed E-state index contributed by atoms with van der Waals surface area (Å²) in [5.74, 6) is 0.211. The summed E-state index contributed by atoms with van der Waals surface area (Å²) in [6.07, 6.45) is 1.99. The first kappa shape index (κ1) is 13.5. The molecule has 21 heavy (non-hydrogen) atoms. The summed E-state index contributed by atoms with van der Waals surface area (Å²) in [6.45, 7) is -0.0270. The molecule has 0 saturated carbocycles. The second-order valence-corrected chi connectivity index (χ2v) is 5.11. The van der Waals surface area contributed by atoms with Crippen LogP contribution in [-0.2, 0) is 6.42 Å². The number of benzene rings is 1. The summed E-state index contributed by atoms with van der Waals surface area (Å²) >= 11 is 1.29. The standard InChI is InChI=1S/C13H11N3O4S/c17-7-5-9-3-1-2-4-10(9)20-11-12(16(18)19)15-6-8-21-13(15)14-11/h1-4,6,8,17H,5,7H2. The van der Waals surface area contributed by atoms with Crippen molar-refractivity contribution in [3.05, 3.63) is 51.5 Å². The summed E-state index contributed by atoms with van der Waals surface area (Å²) in [5.41, 5.74) is 0.769. The van der Waals surface area contributed by atoms with Gasteiger partial charge in [0, 0.05) is 12.0 Å². The van der Waals surface area contributed by atoms with Crippen molar-refractivity contribution in [2.24, 2.45) is 0 Å². The maximum absolute atomic E-state index is 11.2. The van der Waals surface area contributed by atoms with Gasteiger partial charge in [-0.15, -0.1) is 0 Å². The predicted molar refractivity (Wildman–Crippen MR) is 77.0 cm³/mol. The number of aliphatic hydroxyl groups is 1. The van der Waals surface area contributed by atoms with E-state index in [1.54, 1.807) is 29.8 Å². The van der Waals surface area contributed by atoms with Gasteiger partial charge in [-0.3, -0.25) is 0 Å². The normalized spacial score (nSPS) is 10.9. The van der Waals surface area contributed by atoms with E-state index < -0.39 is 4.92 Å². The fraction of sp³-hybridized carbons (Fsp3) is 0.154. The number of imidazole rings is 1. The molecule has 0 bridgehead atoms. The molecule has 8 heteroatoms. The molecule has 0 amide bonds. The molecule has 3 rings (SSSR count). The molecule has 108 valence electrons. The second-order valence-electron chi connectivity index (χ2n) is 4.24. The smallest absolute Gasteiger partial charge is 0.393 e. The molecule has 0 saturated heterocycles. The van der Waals surface area contributed by atoms with Gasteiger partial charge in [-0.05, 0) is 23.0 Å². The van der Waals surface area contributed by atoms with Crippen LogP contribution in [0.2, 0.25) is 0 Å². The summed E-state index contributed by atoms with van der Waals surface area (Å²) in [7, 11) is 0. The van der Waals surface area contributed by atoms with Crippen LogP contribution in [-0.4, -0.2) is 26.0 Å². The molecule has 0 fully saturated rings. The molecule has 7 nitrogen and oxygen atoms in total. The highest BCUT2D eigenvalue weighted by Gasteiger charge is 2.26. The van der Waals surface area contributed by atoms with Crippen molar-refractivity contribution in [2.45, 2.75) is 6.42 Å². The minimum absolute atomic E-state index is 0.0270. The van der Waals surface area contributed by atoms with Crippen LogP contribution in [0.5, 0.6) is 11.6 Å².